The number of hydrogen-bond acceptors (Lipinski definition) is 6. The smallest absolute Gasteiger partial charge is 0.319 e. The molecule has 0 aliphatic carbocycles. The summed E-state index contributed by atoms with van der Waals surface area (Å²) in [5.41, 5.74) is 2.30. The van der Waals surface area contributed by atoms with Gasteiger partial charge in [-0.15, -0.1) is 5.10 Å². The van der Waals surface area contributed by atoms with E-state index < -0.39 is 12.0 Å². The predicted molar refractivity (Wildman–Crippen MR) is 97.5 cm³/mol. The third-order valence-electron chi connectivity index (χ3n) is 3.61. The van der Waals surface area contributed by atoms with Gasteiger partial charge in [-0.05, 0) is 41.6 Å². The largest absolute Gasteiger partial charge is 0.424 e. The molecule has 1 aromatic heterocycles. The van der Waals surface area contributed by atoms with Gasteiger partial charge in [-0.25, -0.2) is 4.79 Å². The average molecular weight is 366 g/mol. The number of aryl methyl sites for hydroxylation is 1. The van der Waals surface area contributed by atoms with E-state index in [-0.39, 0.29) is 12.3 Å². The van der Waals surface area contributed by atoms with Crippen molar-refractivity contribution in [3.05, 3.63) is 59.9 Å². The molecule has 0 spiro atoms. The number of nitrogens with zero attached hydrogens (tertiary/aromatic N) is 4. The van der Waals surface area contributed by atoms with Crippen LogP contribution in [-0.4, -0.2) is 32.2 Å². The Morgan fingerprint density at radius 1 is 1.11 bits per heavy atom. The Bertz CT molecular complexity index is 952. The lowest BCUT2D eigenvalue weighted by molar-refractivity contribution is -0.131. The molecular weight excluding hydrogens is 348 g/mol. The highest BCUT2D eigenvalue weighted by atomic mass is 16.5. The summed E-state index contributed by atoms with van der Waals surface area (Å²) in [6.45, 7) is 3.40. The molecule has 3 aromatic rings. The van der Waals surface area contributed by atoms with Crippen LogP contribution in [0, 0.1) is 6.92 Å². The lowest BCUT2D eigenvalue weighted by Crippen LogP contribution is -2.29. The summed E-state index contributed by atoms with van der Waals surface area (Å²) in [7, 11) is 0. The molecule has 0 aliphatic rings. The van der Waals surface area contributed by atoms with Gasteiger partial charge < -0.3 is 15.4 Å². The van der Waals surface area contributed by atoms with Crippen molar-refractivity contribution in [1.29, 1.82) is 0 Å². The van der Waals surface area contributed by atoms with Crippen LogP contribution in [0.15, 0.2) is 48.5 Å². The number of para-hydroxylation sites is 2. The van der Waals surface area contributed by atoms with Gasteiger partial charge in [0.1, 0.15) is 0 Å². The van der Waals surface area contributed by atoms with E-state index >= 15 is 0 Å². The van der Waals surface area contributed by atoms with Crippen LogP contribution in [0.3, 0.4) is 0 Å². The second kappa shape index (κ2) is 8.09. The summed E-state index contributed by atoms with van der Waals surface area (Å²) in [4.78, 5) is 23.3. The summed E-state index contributed by atoms with van der Waals surface area (Å²) in [5.74, 6) is 0.272. The molecule has 0 atom stereocenters. The van der Waals surface area contributed by atoms with Crippen LogP contribution < -0.4 is 15.4 Å². The first kappa shape index (κ1) is 18.1. The molecule has 0 aliphatic heterocycles. The van der Waals surface area contributed by atoms with E-state index in [4.69, 9.17) is 4.74 Å². The fraction of sp³-hybridized carbons (Fsp3) is 0.167. The van der Waals surface area contributed by atoms with Crippen molar-refractivity contribution in [2.45, 2.75) is 20.4 Å². The van der Waals surface area contributed by atoms with Gasteiger partial charge in [-0.3, -0.25) is 4.79 Å². The normalized spacial score (nSPS) is 10.3. The van der Waals surface area contributed by atoms with Crippen molar-refractivity contribution in [2.24, 2.45) is 0 Å². The molecule has 0 unspecified atom stereocenters. The first-order chi connectivity index (χ1) is 13.0. The number of ether oxygens (including phenoxy) is 1. The van der Waals surface area contributed by atoms with Crippen molar-refractivity contribution in [2.75, 3.05) is 5.32 Å². The van der Waals surface area contributed by atoms with Gasteiger partial charge in [0.05, 0.1) is 17.9 Å². The second-order valence-corrected chi connectivity index (χ2v) is 5.74. The van der Waals surface area contributed by atoms with Crippen LogP contribution in [0.5, 0.6) is 5.75 Å². The summed E-state index contributed by atoms with van der Waals surface area (Å²) in [6.07, 6.45) is 0. The fourth-order valence-electron chi connectivity index (χ4n) is 2.34. The summed E-state index contributed by atoms with van der Waals surface area (Å²) in [5, 5.41) is 16.9. The topological polar surface area (TPSA) is 111 Å². The fourth-order valence-corrected chi connectivity index (χ4v) is 2.34. The molecule has 0 bridgehead atoms. The van der Waals surface area contributed by atoms with Gasteiger partial charge in [0.15, 0.2) is 11.6 Å². The van der Waals surface area contributed by atoms with E-state index in [1.165, 1.54) is 6.92 Å². The minimum Gasteiger partial charge on any atom is -0.424 e. The number of rotatable bonds is 5. The number of benzene rings is 2. The molecule has 0 radical (unpaired) electrons. The Balaban J connectivity index is 1.65. The summed E-state index contributed by atoms with van der Waals surface area (Å²) >= 11 is 0. The first-order valence-corrected chi connectivity index (χ1v) is 8.19. The van der Waals surface area contributed by atoms with Crippen molar-refractivity contribution < 1.29 is 14.3 Å². The number of esters is 1. The third-order valence-corrected chi connectivity index (χ3v) is 3.61. The minimum absolute atomic E-state index is 0.114. The van der Waals surface area contributed by atoms with Gasteiger partial charge in [-0.2, -0.15) is 4.68 Å². The monoisotopic (exact) mass is 366 g/mol. The van der Waals surface area contributed by atoms with Gasteiger partial charge >= 0.3 is 12.0 Å². The van der Waals surface area contributed by atoms with Crippen LogP contribution in [0.1, 0.15) is 18.3 Å². The Labute approximate surface area is 155 Å². The molecule has 2 aromatic carbocycles. The minimum atomic E-state index is -0.479. The second-order valence-electron chi connectivity index (χ2n) is 5.74. The summed E-state index contributed by atoms with van der Waals surface area (Å²) < 4.78 is 6.61. The number of carbonyl (C=O) groups is 2. The Morgan fingerprint density at radius 2 is 1.85 bits per heavy atom. The van der Waals surface area contributed by atoms with Gasteiger partial charge in [0.2, 0.25) is 0 Å². The highest BCUT2D eigenvalue weighted by Gasteiger charge is 2.12. The number of nitrogens with one attached hydrogen (secondary N) is 2. The molecule has 0 saturated carbocycles. The SMILES string of the molecule is CC(=O)Oc1ccccc1NC(=O)NCc1nnnn1-c1ccc(C)cc1. The van der Waals surface area contributed by atoms with Crippen LogP contribution in [0.2, 0.25) is 0 Å². The molecule has 1 heterocycles. The maximum absolute atomic E-state index is 12.2. The number of aromatic nitrogens is 4. The van der Waals surface area contributed by atoms with E-state index in [1.54, 1.807) is 28.9 Å². The standard InChI is InChI=1S/C18H18N6O3/c1-12-7-9-14(10-8-12)24-17(21-22-23-24)11-19-18(26)20-15-5-3-4-6-16(15)27-13(2)25/h3-10H,11H2,1-2H3,(H2,19,20,26). The molecule has 2 N–H and O–H groups in total. The highest BCUT2D eigenvalue weighted by molar-refractivity contribution is 5.91. The molecule has 3 rings (SSSR count). The third kappa shape index (κ3) is 4.66. The predicted octanol–water partition coefficient (Wildman–Crippen LogP) is 2.22. The Morgan fingerprint density at radius 3 is 2.59 bits per heavy atom. The highest BCUT2D eigenvalue weighted by Crippen LogP contribution is 2.23. The van der Waals surface area contributed by atoms with Crippen molar-refractivity contribution in [3.63, 3.8) is 0 Å². The first-order valence-electron chi connectivity index (χ1n) is 8.19. The number of anilines is 1. The van der Waals surface area contributed by atoms with E-state index in [1.807, 2.05) is 31.2 Å². The lowest BCUT2D eigenvalue weighted by atomic mass is 10.2. The quantitative estimate of drug-likeness (QED) is 0.529. The zero-order valence-electron chi connectivity index (χ0n) is 14.8. The molecule has 0 saturated heterocycles. The number of amides is 2. The van der Waals surface area contributed by atoms with E-state index in [0.29, 0.717) is 11.5 Å². The Hall–Kier alpha value is -3.75. The molecule has 9 nitrogen and oxygen atoms in total. The maximum Gasteiger partial charge on any atom is 0.319 e. The van der Waals surface area contributed by atoms with Crippen molar-refractivity contribution in [1.82, 2.24) is 25.5 Å². The van der Waals surface area contributed by atoms with Crippen LogP contribution in [-0.2, 0) is 11.3 Å². The van der Waals surface area contributed by atoms with Crippen LogP contribution in [0.25, 0.3) is 5.69 Å². The molecule has 0 fully saturated rings. The molecule has 2 amide bonds. The van der Waals surface area contributed by atoms with Crippen molar-refractivity contribution >= 4 is 17.7 Å². The number of tetrazole rings is 1. The summed E-state index contributed by atoms with van der Waals surface area (Å²) in [6, 6.07) is 13.9. The van der Waals surface area contributed by atoms with E-state index in [9.17, 15) is 9.59 Å². The molecular formula is C18H18N6O3. The average Bonchev–Trinajstić information content (AvgIpc) is 3.10. The number of hydrogen-bond donors (Lipinski definition) is 2. The van der Waals surface area contributed by atoms with Gasteiger partial charge in [0, 0.05) is 6.92 Å². The molecule has 138 valence electrons. The number of urea groups is 1. The van der Waals surface area contributed by atoms with Crippen molar-refractivity contribution in [3.8, 4) is 11.4 Å². The lowest BCUT2D eigenvalue weighted by Gasteiger charge is -2.11. The zero-order chi connectivity index (χ0) is 19.2. The zero-order valence-corrected chi connectivity index (χ0v) is 14.8. The Kier molecular flexibility index (Phi) is 5.41. The molecule has 9 heteroatoms. The molecule has 27 heavy (non-hydrogen) atoms. The number of carbonyl (C=O) groups excluding carboxylic acids is 2. The van der Waals surface area contributed by atoms with Crippen LogP contribution >= 0.6 is 0 Å². The maximum atomic E-state index is 12.2. The van der Waals surface area contributed by atoms with Gasteiger partial charge in [-0.1, -0.05) is 29.8 Å². The van der Waals surface area contributed by atoms with Crippen LogP contribution in [0.4, 0.5) is 10.5 Å². The van der Waals surface area contributed by atoms with E-state index in [0.717, 1.165) is 11.3 Å². The van der Waals surface area contributed by atoms with E-state index in [2.05, 4.69) is 26.2 Å². The van der Waals surface area contributed by atoms with Gasteiger partial charge in [0.25, 0.3) is 0 Å².